The lowest BCUT2D eigenvalue weighted by molar-refractivity contribution is -0.0660. The Balaban J connectivity index is 1.64. The number of ether oxygens (including phenoxy) is 1. The van der Waals surface area contributed by atoms with Gasteiger partial charge in [0.2, 0.25) is 0 Å². The van der Waals surface area contributed by atoms with Gasteiger partial charge in [0.25, 0.3) is 0 Å². The Bertz CT molecular complexity index is 466. The molecule has 0 amide bonds. The van der Waals surface area contributed by atoms with Gasteiger partial charge in [-0.05, 0) is 23.6 Å². The smallest absolute Gasteiger partial charge is 0.128 e. The molecule has 0 spiro atoms. The van der Waals surface area contributed by atoms with Gasteiger partial charge in [-0.2, -0.15) is 0 Å². The van der Waals surface area contributed by atoms with Crippen LogP contribution in [-0.2, 0) is 4.74 Å². The monoisotopic (exact) mass is 278 g/mol. The van der Waals surface area contributed by atoms with Crippen molar-refractivity contribution in [3.8, 4) is 0 Å². The topological polar surface area (TPSA) is 15.7 Å². The molecule has 2 saturated heterocycles. The average molecular weight is 278 g/mol. The number of benzene rings is 1. The van der Waals surface area contributed by atoms with E-state index < -0.39 is 0 Å². The van der Waals surface area contributed by atoms with Crippen molar-refractivity contribution in [1.29, 1.82) is 0 Å². The Morgan fingerprint density at radius 2 is 1.85 bits per heavy atom. The molecule has 0 N–H and O–H groups in total. The molecule has 3 nitrogen and oxygen atoms in total. The van der Waals surface area contributed by atoms with Crippen LogP contribution < -0.4 is 4.90 Å². The van der Waals surface area contributed by atoms with Crippen LogP contribution in [0, 0.1) is 5.82 Å². The lowest BCUT2D eigenvalue weighted by Gasteiger charge is -2.43. The van der Waals surface area contributed by atoms with Crippen molar-refractivity contribution in [1.82, 2.24) is 4.90 Å². The van der Waals surface area contributed by atoms with Crippen LogP contribution in [0.4, 0.5) is 10.1 Å². The summed E-state index contributed by atoms with van der Waals surface area (Å²) in [6, 6.07) is 6.29. The predicted octanol–water partition coefficient (Wildman–Crippen LogP) is 2.47. The Morgan fingerprint density at radius 3 is 2.35 bits per heavy atom. The number of nitrogens with zero attached hydrogens (tertiary/aromatic N) is 2. The van der Waals surface area contributed by atoms with E-state index in [2.05, 4.69) is 15.9 Å². The average Bonchev–Trinajstić information content (AvgIpc) is 2.37. The number of hydrogen-bond donors (Lipinski definition) is 0. The van der Waals surface area contributed by atoms with Crippen LogP contribution in [0.5, 0.6) is 0 Å². The minimum atomic E-state index is -0.0766. The van der Waals surface area contributed by atoms with Crippen LogP contribution in [-0.4, -0.2) is 50.3 Å². The van der Waals surface area contributed by atoms with E-state index in [0.29, 0.717) is 6.04 Å². The molecule has 3 rings (SSSR count). The number of halogens is 1. The molecule has 1 aromatic rings. The van der Waals surface area contributed by atoms with Crippen LogP contribution in [0.15, 0.2) is 18.2 Å². The maximum atomic E-state index is 14.1. The molecule has 0 aromatic heterocycles. The van der Waals surface area contributed by atoms with Gasteiger partial charge >= 0.3 is 0 Å². The summed E-state index contributed by atoms with van der Waals surface area (Å²) in [5, 5.41) is 0. The summed E-state index contributed by atoms with van der Waals surface area (Å²) in [7, 11) is 0. The maximum absolute atomic E-state index is 14.1. The fourth-order valence-corrected chi connectivity index (χ4v) is 2.96. The molecule has 1 aromatic carbocycles. The van der Waals surface area contributed by atoms with Gasteiger partial charge in [0.05, 0.1) is 19.3 Å². The Labute approximate surface area is 120 Å². The molecule has 0 radical (unpaired) electrons. The molecule has 0 bridgehead atoms. The molecule has 2 aliphatic heterocycles. The lowest BCUT2D eigenvalue weighted by Crippen LogP contribution is -2.56. The van der Waals surface area contributed by atoms with E-state index in [1.165, 1.54) is 0 Å². The third-order valence-electron chi connectivity index (χ3n) is 4.42. The zero-order chi connectivity index (χ0) is 14.1. The normalized spacial score (nSPS) is 21.3. The second-order valence-corrected chi connectivity index (χ2v) is 6.07. The SMILES string of the molecule is CC(C)c1ccc(N2CCN(C3COC3)CC2)cc1F. The van der Waals surface area contributed by atoms with E-state index in [1.54, 1.807) is 6.07 Å². The van der Waals surface area contributed by atoms with E-state index in [4.69, 9.17) is 4.74 Å². The predicted molar refractivity (Wildman–Crippen MR) is 78.9 cm³/mol. The van der Waals surface area contributed by atoms with E-state index in [0.717, 1.165) is 50.6 Å². The highest BCUT2D eigenvalue weighted by Gasteiger charge is 2.29. The van der Waals surface area contributed by atoms with E-state index >= 15 is 0 Å². The highest BCUT2D eigenvalue weighted by Crippen LogP contribution is 2.25. The van der Waals surface area contributed by atoms with Crippen LogP contribution in [0.3, 0.4) is 0 Å². The van der Waals surface area contributed by atoms with Crippen molar-refractivity contribution in [3.05, 3.63) is 29.6 Å². The molecule has 2 fully saturated rings. The van der Waals surface area contributed by atoms with Gasteiger partial charge in [-0.15, -0.1) is 0 Å². The molecule has 0 unspecified atom stereocenters. The first-order valence-electron chi connectivity index (χ1n) is 7.51. The summed E-state index contributed by atoms with van der Waals surface area (Å²) in [5.41, 5.74) is 1.82. The van der Waals surface area contributed by atoms with Gasteiger partial charge in [0, 0.05) is 31.9 Å². The summed E-state index contributed by atoms with van der Waals surface area (Å²) in [4.78, 5) is 4.77. The first-order valence-corrected chi connectivity index (χ1v) is 7.51. The number of rotatable bonds is 3. The summed E-state index contributed by atoms with van der Waals surface area (Å²) in [6.07, 6.45) is 0. The van der Waals surface area contributed by atoms with Crippen LogP contribution in [0.2, 0.25) is 0 Å². The van der Waals surface area contributed by atoms with Gasteiger partial charge in [0.15, 0.2) is 0 Å². The zero-order valence-electron chi connectivity index (χ0n) is 12.3. The van der Waals surface area contributed by atoms with Crippen molar-refractivity contribution in [2.45, 2.75) is 25.8 Å². The number of anilines is 1. The fourth-order valence-electron chi connectivity index (χ4n) is 2.96. The molecule has 2 aliphatic rings. The van der Waals surface area contributed by atoms with Gasteiger partial charge < -0.3 is 9.64 Å². The quantitative estimate of drug-likeness (QED) is 0.845. The maximum Gasteiger partial charge on any atom is 0.128 e. The molecule has 0 atom stereocenters. The molecular weight excluding hydrogens is 255 g/mol. The second kappa shape index (κ2) is 5.70. The highest BCUT2D eigenvalue weighted by molar-refractivity contribution is 5.49. The van der Waals surface area contributed by atoms with Gasteiger partial charge in [-0.1, -0.05) is 19.9 Å². The third kappa shape index (κ3) is 2.67. The van der Waals surface area contributed by atoms with Crippen molar-refractivity contribution in [2.24, 2.45) is 0 Å². The van der Waals surface area contributed by atoms with Crippen molar-refractivity contribution in [2.75, 3.05) is 44.3 Å². The van der Waals surface area contributed by atoms with Crippen LogP contribution >= 0.6 is 0 Å². The Kier molecular flexibility index (Phi) is 3.94. The number of hydrogen-bond acceptors (Lipinski definition) is 3. The largest absolute Gasteiger partial charge is 0.378 e. The van der Waals surface area contributed by atoms with Gasteiger partial charge in [0.1, 0.15) is 5.82 Å². The van der Waals surface area contributed by atoms with E-state index in [9.17, 15) is 4.39 Å². The second-order valence-electron chi connectivity index (χ2n) is 6.07. The van der Waals surface area contributed by atoms with E-state index in [1.807, 2.05) is 19.9 Å². The summed E-state index contributed by atoms with van der Waals surface area (Å²) in [5.74, 6) is 0.159. The summed E-state index contributed by atoms with van der Waals surface area (Å²) < 4.78 is 19.3. The number of piperazine rings is 1. The first-order chi connectivity index (χ1) is 9.65. The van der Waals surface area contributed by atoms with Crippen LogP contribution in [0.1, 0.15) is 25.3 Å². The summed E-state index contributed by atoms with van der Waals surface area (Å²) >= 11 is 0. The minimum Gasteiger partial charge on any atom is -0.378 e. The van der Waals surface area contributed by atoms with Crippen LogP contribution in [0.25, 0.3) is 0 Å². The van der Waals surface area contributed by atoms with Gasteiger partial charge in [-0.3, -0.25) is 4.90 Å². The van der Waals surface area contributed by atoms with Crippen molar-refractivity contribution < 1.29 is 9.13 Å². The molecule has 0 aliphatic carbocycles. The molecular formula is C16H23FN2O. The molecule has 2 heterocycles. The van der Waals surface area contributed by atoms with Gasteiger partial charge in [-0.25, -0.2) is 4.39 Å². The molecule has 20 heavy (non-hydrogen) atoms. The fraction of sp³-hybridized carbons (Fsp3) is 0.625. The van der Waals surface area contributed by atoms with E-state index in [-0.39, 0.29) is 11.7 Å². The first kappa shape index (κ1) is 13.8. The standard InChI is InChI=1S/C16H23FN2O/c1-12(2)15-4-3-13(9-16(15)17)18-5-7-19(8-6-18)14-10-20-11-14/h3-4,9,12,14H,5-8,10-11H2,1-2H3. The Hall–Kier alpha value is -1.13. The third-order valence-corrected chi connectivity index (χ3v) is 4.42. The highest BCUT2D eigenvalue weighted by atomic mass is 19.1. The zero-order valence-corrected chi connectivity index (χ0v) is 12.3. The Morgan fingerprint density at radius 1 is 1.15 bits per heavy atom. The lowest BCUT2D eigenvalue weighted by atomic mass is 10.0. The molecule has 4 heteroatoms. The van der Waals surface area contributed by atoms with Crippen molar-refractivity contribution in [3.63, 3.8) is 0 Å². The minimum absolute atomic E-state index is 0.0766. The molecule has 0 saturated carbocycles. The summed E-state index contributed by atoms with van der Waals surface area (Å²) in [6.45, 7) is 9.82. The molecule has 110 valence electrons. The van der Waals surface area contributed by atoms with Crippen molar-refractivity contribution >= 4 is 5.69 Å².